The summed E-state index contributed by atoms with van der Waals surface area (Å²) in [6.07, 6.45) is 4.00. The fourth-order valence-corrected chi connectivity index (χ4v) is 3.27. The molecule has 1 fully saturated rings. The number of piperidine rings is 1. The average Bonchev–Trinajstić information content (AvgIpc) is 2.68. The predicted octanol–water partition coefficient (Wildman–Crippen LogP) is 2.87. The van der Waals surface area contributed by atoms with Gasteiger partial charge in [0.15, 0.2) is 0 Å². The lowest BCUT2D eigenvalue weighted by atomic mass is 9.98. The lowest BCUT2D eigenvalue weighted by Gasteiger charge is -2.32. The first-order valence-electron chi connectivity index (χ1n) is 8.81. The molecule has 5 nitrogen and oxygen atoms in total. The number of aromatic nitrogens is 1. The lowest BCUT2D eigenvalue weighted by molar-refractivity contribution is 0.115. The maximum absolute atomic E-state index is 9.44. The van der Waals surface area contributed by atoms with Gasteiger partial charge in [-0.3, -0.25) is 9.88 Å². The molecule has 3 rings (SSSR count). The highest BCUT2D eigenvalue weighted by Crippen LogP contribution is 2.28. The minimum Gasteiger partial charge on any atom is -0.497 e. The summed E-state index contributed by atoms with van der Waals surface area (Å²) in [6, 6.07) is 11.7. The highest BCUT2D eigenvalue weighted by molar-refractivity contribution is 5.40. The molecule has 1 aromatic carbocycles. The van der Waals surface area contributed by atoms with Gasteiger partial charge in [-0.2, -0.15) is 0 Å². The number of methoxy groups -OCH3 is 1. The van der Waals surface area contributed by atoms with Gasteiger partial charge < -0.3 is 14.6 Å². The van der Waals surface area contributed by atoms with E-state index in [1.165, 1.54) is 0 Å². The Morgan fingerprint density at radius 1 is 1.28 bits per heavy atom. The Kier molecular flexibility index (Phi) is 6.25. The summed E-state index contributed by atoms with van der Waals surface area (Å²) in [5, 5.41) is 9.44. The number of benzene rings is 1. The predicted molar refractivity (Wildman–Crippen MR) is 96.6 cm³/mol. The van der Waals surface area contributed by atoms with Gasteiger partial charge in [-0.15, -0.1) is 0 Å². The Bertz CT molecular complexity index is 663. The number of rotatable bonds is 7. The molecule has 0 spiro atoms. The van der Waals surface area contributed by atoms with Crippen LogP contribution < -0.4 is 9.47 Å². The molecule has 1 aliphatic rings. The van der Waals surface area contributed by atoms with Crippen molar-refractivity contribution >= 4 is 0 Å². The van der Waals surface area contributed by atoms with Gasteiger partial charge in [0.05, 0.1) is 12.8 Å². The van der Waals surface area contributed by atoms with Crippen molar-refractivity contribution in [2.24, 2.45) is 5.92 Å². The molecule has 0 aliphatic carbocycles. The number of pyridine rings is 1. The molecule has 0 saturated carbocycles. The van der Waals surface area contributed by atoms with E-state index < -0.39 is 0 Å². The van der Waals surface area contributed by atoms with Gasteiger partial charge >= 0.3 is 0 Å². The smallest absolute Gasteiger partial charge is 0.130 e. The summed E-state index contributed by atoms with van der Waals surface area (Å²) in [5.41, 5.74) is 2.01. The fraction of sp³-hybridized carbons (Fsp3) is 0.450. The van der Waals surface area contributed by atoms with E-state index in [1.807, 2.05) is 36.4 Å². The van der Waals surface area contributed by atoms with Gasteiger partial charge in [0.2, 0.25) is 0 Å². The largest absolute Gasteiger partial charge is 0.497 e. The number of ether oxygens (including phenoxy) is 2. The quantitative estimate of drug-likeness (QED) is 0.838. The average molecular weight is 342 g/mol. The van der Waals surface area contributed by atoms with E-state index in [4.69, 9.17) is 9.47 Å². The molecule has 0 radical (unpaired) electrons. The first kappa shape index (κ1) is 17.7. The zero-order chi connectivity index (χ0) is 17.5. The number of aliphatic hydroxyl groups excluding tert-OH is 1. The standard InChI is InChI=1S/C20H26N2O3/c1-24-19-7-8-20(25-15-18-6-2-3-9-21-18)17(11-19)13-22-10-4-5-16(12-22)14-23/h2-3,6-9,11,16,23H,4-5,10,12-15H2,1H3. The molecule has 0 bridgehead atoms. The molecular formula is C20H26N2O3. The van der Waals surface area contributed by atoms with Crippen molar-refractivity contribution in [3.8, 4) is 11.5 Å². The van der Waals surface area contributed by atoms with E-state index in [2.05, 4.69) is 9.88 Å². The van der Waals surface area contributed by atoms with Crippen LogP contribution in [0, 0.1) is 5.92 Å². The van der Waals surface area contributed by atoms with Crippen molar-refractivity contribution in [3.63, 3.8) is 0 Å². The SMILES string of the molecule is COc1ccc(OCc2ccccn2)c(CN2CCCC(CO)C2)c1. The Labute approximate surface area is 149 Å². The zero-order valence-electron chi connectivity index (χ0n) is 14.7. The van der Waals surface area contributed by atoms with E-state index in [0.29, 0.717) is 12.5 Å². The van der Waals surface area contributed by atoms with E-state index in [-0.39, 0.29) is 6.61 Å². The van der Waals surface area contributed by atoms with Crippen LogP contribution in [0.5, 0.6) is 11.5 Å². The molecular weight excluding hydrogens is 316 g/mol. The first-order chi connectivity index (χ1) is 12.3. The molecule has 25 heavy (non-hydrogen) atoms. The van der Waals surface area contributed by atoms with Crippen LogP contribution in [0.1, 0.15) is 24.1 Å². The molecule has 2 heterocycles. The third-order valence-electron chi connectivity index (χ3n) is 4.62. The van der Waals surface area contributed by atoms with Gasteiger partial charge in [0.1, 0.15) is 18.1 Å². The molecule has 2 aromatic rings. The van der Waals surface area contributed by atoms with Crippen molar-refractivity contribution in [3.05, 3.63) is 53.9 Å². The van der Waals surface area contributed by atoms with Gasteiger partial charge in [-0.1, -0.05) is 6.07 Å². The number of aliphatic hydroxyl groups is 1. The van der Waals surface area contributed by atoms with E-state index in [9.17, 15) is 5.11 Å². The lowest BCUT2D eigenvalue weighted by Crippen LogP contribution is -2.36. The molecule has 1 atom stereocenters. The van der Waals surface area contributed by atoms with Crippen molar-refractivity contribution in [2.75, 3.05) is 26.8 Å². The second-order valence-electron chi connectivity index (χ2n) is 6.51. The summed E-state index contributed by atoms with van der Waals surface area (Å²) in [6.45, 7) is 3.48. The van der Waals surface area contributed by atoms with Gasteiger partial charge in [0, 0.05) is 31.5 Å². The van der Waals surface area contributed by atoms with Crippen molar-refractivity contribution in [1.29, 1.82) is 0 Å². The Hall–Kier alpha value is -2.11. The minimum atomic E-state index is 0.262. The zero-order valence-corrected chi connectivity index (χ0v) is 14.7. The van der Waals surface area contributed by atoms with E-state index in [0.717, 1.165) is 55.2 Å². The molecule has 0 amide bonds. The minimum absolute atomic E-state index is 0.262. The van der Waals surface area contributed by atoms with E-state index in [1.54, 1.807) is 13.3 Å². The second-order valence-corrected chi connectivity index (χ2v) is 6.51. The van der Waals surface area contributed by atoms with Crippen LogP contribution in [0.2, 0.25) is 0 Å². The first-order valence-corrected chi connectivity index (χ1v) is 8.81. The van der Waals surface area contributed by atoms with Crippen molar-refractivity contribution < 1.29 is 14.6 Å². The Morgan fingerprint density at radius 2 is 2.20 bits per heavy atom. The topological polar surface area (TPSA) is 54.8 Å². The third-order valence-corrected chi connectivity index (χ3v) is 4.62. The third kappa shape index (κ3) is 4.94. The summed E-state index contributed by atoms with van der Waals surface area (Å²) in [7, 11) is 1.68. The molecule has 1 aromatic heterocycles. The highest BCUT2D eigenvalue weighted by atomic mass is 16.5. The maximum Gasteiger partial charge on any atom is 0.130 e. The van der Waals surface area contributed by atoms with Gasteiger partial charge in [-0.05, 0) is 55.6 Å². The monoisotopic (exact) mass is 342 g/mol. The number of hydrogen-bond donors (Lipinski definition) is 1. The number of hydrogen-bond acceptors (Lipinski definition) is 5. The fourth-order valence-electron chi connectivity index (χ4n) is 3.27. The second kappa shape index (κ2) is 8.83. The van der Waals surface area contributed by atoms with Gasteiger partial charge in [-0.25, -0.2) is 0 Å². The highest BCUT2D eigenvalue weighted by Gasteiger charge is 2.20. The number of likely N-dealkylation sites (tertiary alicyclic amines) is 1. The summed E-state index contributed by atoms with van der Waals surface area (Å²) < 4.78 is 11.4. The Balaban J connectivity index is 1.71. The Morgan fingerprint density at radius 3 is 2.96 bits per heavy atom. The maximum atomic E-state index is 9.44. The van der Waals surface area contributed by atoms with Crippen LogP contribution in [0.15, 0.2) is 42.6 Å². The van der Waals surface area contributed by atoms with Crippen LogP contribution in [-0.4, -0.2) is 41.8 Å². The molecule has 134 valence electrons. The van der Waals surface area contributed by atoms with Crippen molar-refractivity contribution in [1.82, 2.24) is 9.88 Å². The summed E-state index contributed by atoms with van der Waals surface area (Å²) in [4.78, 5) is 6.69. The van der Waals surface area contributed by atoms with Crippen molar-refractivity contribution in [2.45, 2.75) is 26.0 Å². The van der Waals surface area contributed by atoms with Crippen LogP contribution in [0.25, 0.3) is 0 Å². The molecule has 1 unspecified atom stereocenters. The normalized spacial score (nSPS) is 18.1. The van der Waals surface area contributed by atoms with Gasteiger partial charge in [0.25, 0.3) is 0 Å². The van der Waals surface area contributed by atoms with Crippen LogP contribution in [-0.2, 0) is 13.2 Å². The number of nitrogens with zero attached hydrogens (tertiary/aromatic N) is 2. The van der Waals surface area contributed by atoms with Crippen LogP contribution in [0.3, 0.4) is 0 Å². The summed E-state index contributed by atoms with van der Waals surface area (Å²) in [5.74, 6) is 2.06. The van der Waals surface area contributed by atoms with E-state index >= 15 is 0 Å². The molecule has 1 saturated heterocycles. The summed E-state index contributed by atoms with van der Waals surface area (Å²) >= 11 is 0. The molecule has 1 aliphatic heterocycles. The van der Waals surface area contributed by atoms with Crippen LogP contribution in [0.4, 0.5) is 0 Å². The van der Waals surface area contributed by atoms with Crippen LogP contribution >= 0.6 is 0 Å². The molecule has 5 heteroatoms. The molecule has 1 N–H and O–H groups in total.